The van der Waals surface area contributed by atoms with Crippen LogP contribution in [-0.2, 0) is 6.67 Å². The zero-order valence-corrected chi connectivity index (χ0v) is 18.6. The van der Waals surface area contributed by atoms with Crippen LogP contribution in [0.1, 0.15) is 18.1 Å². The summed E-state index contributed by atoms with van der Waals surface area (Å²) in [6, 6.07) is 14.5. The van der Waals surface area contributed by atoms with Crippen molar-refractivity contribution in [3.8, 4) is 11.4 Å². The van der Waals surface area contributed by atoms with Crippen LogP contribution in [0, 0.1) is 18.6 Å². The lowest BCUT2D eigenvalue weighted by atomic mass is 10.1. The molecule has 0 aliphatic carbocycles. The first kappa shape index (κ1) is 20.6. The van der Waals surface area contributed by atoms with Gasteiger partial charge in [-0.3, -0.25) is 4.90 Å². The van der Waals surface area contributed by atoms with Gasteiger partial charge in [-0.05, 0) is 72.7 Å². The molecule has 0 N–H and O–H groups in total. The topological polar surface area (TPSA) is 51.4 Å². The van der Waals surface area contributed by atoms with Crippen LogP contribution in [-0.4, -0.2) is 57.5 Å². The maximum Gasteiger partial charge on any atom is 0.221 e. The first-order chi connectivity index (χ1) is 14.6. The molecule has 0 unspecified atom stereocenters. The van der Waals surface area contributed by atoms with E-state index in [-0.39, 0.29) is 0 Å². The van der Waals surface area contributed by atoms with Gasteiger partial charge in [-0.1, -0.05) is 24.3 Å². The van der Waals surface area contributed by atoms with Gasteiger partial charge in [0.1, 0.15) is 5.75 Å². The minimum absolute atomic E-state index is 0.618. The molecule has 0 spiro atoms. The Morgan fingerprint density at radius 1 is 0.967 bits per heavy atom. The zero-order valence-electron chi connectivity index (χ0n) is 17.8. The standard InChI is InChI=1S/C22H28N6OS/c1-4-29-21-8-6-5-7-19(21)26-13-11-25(12-14-26)16-27-22(30)28(24-23-27)20-15-17(2)9-10-18(20)3/h5-10,15H,4,11-14,16H2,1-3H3. The third-order valence-electron chi connectivity index (χ3n) is 5.44. The molecule has 4 rings (SSSR count). The average molecular weight is 425 g/mol. The predicted octanol–water partition coefficient (Wildman–Crippen LogP) is 3.59. The molecule has 30 heavy (non-hydrogen) atoms. The normalized spacial score (nSPS) is 14.8. The summed E-state index contributed by atoms with van der Waals surface area (Å²) in [7, 11) is 0. The van der Waals surface area contributed by atoms with Gasteiger partial charge in [-0.15, -0.1) is 0 Å². The molecule has 0 radical (unpaired) electrons. The molecule has 8 heteroatoms. The first-order valence-corrected chi connectivity index (χ1v) is 10.8. The molecule has 1 aromatic heterocycles. The molecule has 1 aliphatic rings. The van der Waals surface area contributed by atoms with E-state index in [2.05, 4.69) is 64.4 Å². The van der Waals surface area contributed by atoms with Crippen LogP contribution < -0.4 is 9.64 Å². The molecule has 0 atom stereocenters. The van der Waals surface area contributed by atoms with Crippen molar-refractivity contribution in [3.05, 3.63) is 58.4 Å². The van der Waals surface area contributed by atoms with Crippen molar-refractivity contribution >= 4 is 17.9 Å². The van der Waals surface area contributed by atoms with Gasteiger partial charge in [0.15, 0.2) is 0 Å². The summed E-state index contributed by atoms with van der Waals surface area (Å²) in [4.78, 5) is 4.74. The highest BCUT2D eigenvalue weighted by molar-refractivity contribution is 7.71. The molecular formula is C22H28N6OS. The van der Waals surface area contributed by atoms with Crippen molar-refractivity contribution in [3.63, 3.8) is 0 Å². The first-order valence-electron chi connectivity index (χ1n) is 10.4. The summed E-state index contributed by atoms with van der Waals surface area (Å²) in [6.45, 7) is 11.2. The maximum atomic E-state index is 5.80. The fraction of sp³-hybridized carbons (Fsp3) is 0.409. The van der Waals surface area contributed by atoms with Gasteiger partial charge in [0.25, 0.3) is 0 Å². The highest BCUT2D eigenvalue weighted by Crippen LogP contribution is 2.28. The van der Waals surface area contributed by atoms with Crippen molar-refractivity contribution in [2.75, 3.05) is 37.7 Å². The molecule has 2 heterocycles. The molecule has 0 amide bonds. The number of nitrogens with zero attached hydrogens (tertiary/aromatic N) is 6. The van der Waals surface area contributed by atoms with Crippen molar-refractivity contribution in [2.45, 2.75) is 27.4 Å². The molecule has 7 nitrogen and oxygen atoms in total. The summed E-state index contributed by atoms with van der Waals surface area (Å²) in [6.07, 6.45) is 0. The number of aromatic nitrogens is 4. The van der Waals surface area contributed by atoms with Gasteiger partial charge >= 0.3 is 0 Å². The van der Waals surface area contributed by atoms with Gasteiger partial charge in [0, 0.05) is 26.2 Å². The Morgan fingerprint density at radius 2 is 1.73 bits per heavy atom. The quantitative estimate of drug-likeness (QED) is 0.564. The minimum Gasteiger partial charge on any atom is -0.492 e. The van der Waals surface area contributed by atoms with E-state index in [0.29, 0.717) is 18.0 Å². The SMILES string of the molecule is CCOc1ccccc1N1CCN(Cn2nnn(-c3cc(C)ccc3C)c2=S)CC1. The summed E-state index contributed by atoms with van der Waals surface area (Å²) < 4.78 is 9.98. The van der Waals surface area contributed by atoms with E-state index in [1.54, 1.807) is 9.36 Å². The summed E-state index contributed by atoms with van der Waals surface area (Å²) >= 11 is 5.67. The van der Waals surface area contributed by atoms with Crippen LogP contribution in [0.4, 0.5) is 5.69 Å². The van der Waals surface area contributed by atoms with Gasteiger partial charge in [-0.2, -0.15) is 4.68 Å². The van der Waals surface area contributed by atoms with Crippen molar-refractivity contribution < 1.29 is 4.74 Å². The molecule has 0 bridgehead atoms. The molecular weight excluding hydrogens is 396 g/mol. The van der Waals surface area contributed by atoms with Crippen LogP contribution in [0.15, 0.2) is 42.5 Å². The fourth-order valence-corrected chi connectivity index (χ4v) is 4.01. The van der Waals surface area contributed by atoms with Crippen molar-refractivity contribution in [2.24, 2.45) is 0 Å². The van der Waals surface area contributed by atoms with E-state index in [0.717, 1.165) is 48.9 Å². The summed E-state index contributed by atoms with van der Waals surface area (Å²) in [5, 5.41) is 8.64. The van der Waals surface area contributed by atoms with E-state index >= 15 is 0 Å². The summed E-state index contributed by atoms with van der Waals surface area (Å²) in [5.74, 6) is 0.951. The Bertz CT molecular complexity index is 1070. The maximum absolute atomic E-state index is 5.80. The molecule has 1 saturated heterocycles. The van der Waals surface area contributed by atoms with Gasteiger partial charge in [0.2, 0.25) is 4.77 Å². The van der Waals surface area contributed by atoms with E-state index in [9.17, 15) is 0 Å². The van der Waals surface area contributed by atoms with E-state index in [1.165, 1.54) is 5.56 Å². The second kappa shape index (κ2) is 8.97. The highest BCUT2D eigenvalue weighted by Gasteiger charge is 2.21. The fourth-order valence-electron chi connectivity index (χ4n) is 3.78. The lowest BCUT2D eigenvalue weighted by Gasteiger charge is -2.36. The zero-order chi connectivity index (χ0) is 21.1. The number of hydrogen-bond acceptors (Lipinski definition) is 6. The third-order valence-corrected chi connectivity index (χ3v) is 5.83. The predicted molar refractivity (Wildman–Crippen MR) is 121 cm³/mol. The number of rotatable bonds is 6. The number of tetrazole rings is 1. The van der Waals surface area contributed by atoms with E-state index in [4.69, 9.17) is 17.0 Å². The number of aryl methyl sites for hydroxylation is 2. The van der Waals surface area contributed by atoms with Gasteiger partial charge in [-0.25, -0.2) is 4.68 Å². The molecule has 0 saturated carbocycles. The largest absolute Gasteiger partial charge is 0.492 e. The van der Waals surface area contributed by atoms with Crippen LogP contribution >= 0.6 is 12.2 Å². The van der Waals surface area contributed by atoms with Gasteiger partial charge < -0.3 is 9.64 Å². The smallest absolute Gasteiger partial charge is 0.221 e. The van der Waals surface area contributed by atoms with Crippen LogP contribution in [0.25, 0.3) is 5.69 Å². The van der Waals surface area contributed by atoms with Crippen LogP contribution in [0.3, 0.4) is 0 Å². The number of para-hydroxylation sites is 2. The lowest BCUT2D eigenvalue weighted by molar-refractivity contribution is 0.192. The molecule has 3 aromatic rings. The van der Waals surface area contributed by atoms with E-state index in [1.807, 2.05) is 19.1 Å². The second-order valence-electron chi connectivity index (χ2n) is 7.61. The monoisotopic (exact) mass is 424 g/mol. The Hall–Kier alpha value is -2.71. The van der Waals surface area contributed by atoms with Crippen molar-refractivity contribution in [1.82, 2.24) is 24.7 Å². The highest BCUT2D eigenvalue weighted by atomic mass is 32.1. The molecule has 2 aromatic carbocycles. The molecule has 158 valence electrons. The number of anilines is 1. The van der Waals surface area contributed by atoms with Crippen LogP contribution in [0.5, 0.6) is 5.75 Å². The lowest BCUT2D eigenvalue weighted by Crippen LogP contribution is -2.47. The van der Waals surface area contributed by atoms with Crippen molar-refractivity contribution in [1.29, 1.82) is 0 Å². The number of ether oxygens (including phenoxy) is 1. The molecule has 1 fully saturated rings. The third kappa shape index (κ3) is 4.24. The number of hydrogen-bond donors (Lipinski definition) is 0. The van der Waals surface area contributed by atoms with E-state index < -0.39 is 0 Å². The minimum atomic E-state index is 0.618. The number of benzene rings is 2. The number of piperazine rings is 1. The average Bonchev–Trinajstić information content (AvgIpc) is 3.11. The summed E-state index contributed by atoms with van der Waals surface area (Å²) in [5.41, 5.74) is 4.46. The Kier molecular flexibility index (Phi) is 6.15. The molecule has 1 aliphatic heterocycles. The van der Waals surface area contributed by atoms with Gasteiger partial charge in [0.05, 0.1) is 24.7 Å². The second-order valence-corrected chi connectivity index (χ2v) is 7.98. The Balaban J connectivity index is 1.44. The van der Waals surface area contributed by atoms with Crippen LogP contribution in [0.2, 0.25) is 0 Å². The Labute approximate surface area is 182 Å². The Morgan fingerprint density at radius 3 is 2.50 bits per heavy atom.